The molecule has 1 atom stereocenters. The minimum atomic E-state index is 0.374. The van der Waals surface area contributed by atoms with E-state index in [9.17, 15) is 0 Å². The fourth-order valence-electron chi connectivity index (χ4n) is 1.66. The van der Waals surface area contributed by atoms with Gasteiger partial charge in [0.2, 0.25) is 5.95 Å². The summed E-state index contributed by atoms with van der Waals surface area (Å²) in [5.74, 6) is 6.73. The van der Waals surface area contributed by atoms with Crippen LogP contribution < -0.4 is 16.6 Å². The summed E-state index contributed by atoms with van der Waals surface area (Å²) >= 11 is 1.69. The third-order valence-corrected chi connectivity index (χ3v) is 4.09. The van der Waals surface area contributed by atoms with Crippen molar-refractivity contribution in [2.75, 3.05) is 10.7 Å². The molecule has 5 nitrogen and oxygen atoms in total. The van der Waals surface area contributed by atoms with Crippen LogP contribution in [-0.4, -0.2) is 16.0 Å². The van der Waals surface area contributed by atoms with Gasteiger partial charge in [-0.1, -0.05) is 13.8 Å². The van der Waals surface area contributed by atoms with Gasteiger partial charge >= 0.3 is 0 Å². The number of aryl methyl sites for hydroxylation is 1. The number of fused-ring (bicyclic) bond motifs is 1. The zero-order chi connectivity index (χ0) is 13.1. The molecular weight excluding hydrogens is 246 g/mol. The lowest BCUT2D eigenvalue weighted by atomic mass is 10.2. The first-order chi connectivity index (χ1) is 8.67. The molecule has 4 N–H and O–H groups in total. The average molecular weight is 265 g/mol. The van der Waals surface area contributed by atoms with Crippen LogP contribution in [0.3, 0.4) is 0 Å². The molecule has 1 unspecified atom stereocenters. The van der Waals surface area contributed by atoms with E-state index in [0.29, 0.717) is 12.0 Å². The lowest BCUT2D eigenvalue weighted by Crippen LogP contribution is -2.17. The van der Waals surface area contributed by atoms with E-state index < -0.39 is 0 Å². The highest BCUT2D eigenvalue weighted by molar-refractivity contribution is 7.18. The summed E-state index contributed by atoms with van der Waals surface area (Å²) in [5.41, 5.74) is 2.52. The molecule has 0 spiro atoms. The van der Waals surface area contributed by atoms with Crippen molar-refractivity contribution in [1.29, 1.82) is 0 Å². The van der Waals surface area contributed by atoms with E-state index in [1.165, 1.54) is 4.88 Å². The molecule has 2 aromatic rings. The van der Waals surface area contributed by atoms with Crippen molar-refractivity contribution >= 4 is 33.3 Å². The summed E-state index contributed by atoms with van der Waals surface area (Å²) in [7, 11) is 0. The molecular formula is C12H19N5S. The van der Waals surface area contributed by atoms with Crippen molar-refractivity contribution in [3.05, 3.63) is 10.9 Å². The molecule has 6 heteroatoms. The Morgan fingerprint density at radius 1 is 1.39 bits per heavy atom. The van der Waals surface area contributed by atoms with Gasteiger partial charge in [-0.15, -0.1) is 11.3 Å². The van der Waals surface area contributed by atoms with Crippen LogP contribution in [0.15, 0.2) is 6.07 Å². The number of hydrogen-bond donors (Lipinski definition) is 3. The Bertz CT molecular complexity index is 536. The lowest BCUT2D eigenvalue weighted by Gasteiger charge is -2.13. The number of aromatic nitrogens is 2. The third kappa shape index (κ3) is 2.54. The zero-order valence-electron chi connectivity index (χ0n) is 10.9. The molecule has 0 aliphatic rings. The van der Waals surface area contributed by atoms with Gasteiger partial charge in [0.25, 0.3) is 0 Å². The number of rotatable bonds is 5. The van der Waals surface area contributed by atoms with Gasteiger partial charge < -0.3 is 5.32 Å². The van der Waals surface area contributed by atoms with Crippen LogP contribution in [0.1, 0.15) is 32.1 Å². The van der Waals surface area contributed by atoms with E-state index in [2.05, 4.69) is 47.5 Å². The van der Waals surface area contributed by atoms with Gasteiger partial charge in [-0.2, -0.15) is 4.98 Å². The Hall–Kier alpha value is -1.40. The lowest BCUT2D eigenvalue weighted by molar-refractivity contribution is 0.760. The predicted octanol–water partition coefficient (Wildman–Crippen LogP) is 2.75. The molecule has 2 heterocycles. The van der Waals surface area contributed by atoms with Crippen molar-refractivity contribution in [3.8, 4) is 0 Å². The smallest absolute Gasteiger partial charge is 0.240 e. The summed E-state index contributed by atoms with van der Waals surface area (Å²) in [6.45, 7) is 6.42. The van der Waals surface area contributed by atoms with Crippen LogP contribution in [0, 0.1) is 0 Å². The molecule has 0 aliphatic heterocycles. The van der Waals surface area contributed by atoms with Crippen LogP contribution in [0.2, 0.25) is 0 Å². The topological polar surface area (TPSA) is 75.9 Å². The normalized spacial score (nSPS) is 12.7. The Morgan fingerprint density at radius 2 is 2.17 bits per heavy atom. The fraction of sp³-hybridized carbons (Fsp3) is 0.500. The highest BCUT2D eigenvalue weighted by Crippen LogP contribution is 2.30. The summed E-state index contributed by atoms with van der Waals surface area (Å²) in [6.07, 6.45) is 2.05. The van der Waals surface area contributed by atoms with E-state index in [4.69, 9.17) is 5.84 Å². The fourth-order valence-corrected chi connectivity index (χ4v) is 2.62. The van der Waals surface area contributed by atoms with Gasteiger partial charge in [0.15, 0.2) is 0 Å². The Labute approximate surface area is 111 Å². The van der Waals surface area contributed by atoms with Crippen LogP contribution >= 0.6 is 11.3 Å². The largest absolute Gasteiger partial charge is 0.367 e. The molecule has 0 saturated heterocycles. The number of hydrazine groups is 1. The van der Waals surface area contributed by atoms with E-state index in [1.807, 2.05) is 0 Å². The van der Waals surface area contributed by atoms with Crippen molar-refractivity contribution in [3.63, 3.8) is 0 Å². The van der Waals surface area contributed by atoms with Gasteiger partial charge in [-0.25, -0.2) is 10.8 Å². The minimum absolute atomic E-state index is 0.374. The second-order valence-corrected chi connectivity index (χ2v) is 5.39. The van der Waals surface area contributed by atoms with Crippen LogP contribution in [0.25, 0.3) is 10.2 Å². The number of anilines is 2. The van der Waals surface area contributed by atoms with Crippen LogP contribution in [-0.2, 0) is 6.42 Å². The number of nitrogens with two attached hydrogens (primary N) is 1. The summed E-state index contributed by atoms with van der Waals surface area (Å²) < 4.78 is 0. The number of hydrogen-bond acceptors (Lipinski definition) is 6. The molecule has 0 bridgehead atoms. The minimum Gasteiger partial charge on any atom is -0.367 e. The van der Waals surface area contributed by atoms with Crippen molar-refractivity contribution in [1.82, 2.24) is 9.97 Å². The van der Waals surface area contributed by atoms with Gasteiger partial charge in [0.1, 0.15) is 10.6 Å². The molecule has 98 valence electrons. The highest BCUT2D eigenvalue weighted by atomic mass is 32.1. The molecule has 0 amide bonds. The first-order valence-electron chi connectivity index (χ1n) is 6.21. The van der Waals surface area contributed by atoms with Crippen molar-refractivity contribution in [2.45, 2.75) is 39.7 Å². The molecule has 18 heavy (non-hydrogen) atoms. The van der Waals surface area contributed by atoms with Crippen LogP contribution in [0.5, 0.6) is 0 Å². The molecule has 0 fully saturated rings. The molecule has 0 aliphatic carbocycles. The number of thiophene rings is 1. The van der Waals surface area contributed by atoms with E-state index in [0.717, 1.165) is 28.9 Å². The predicted molar refractivity (Wildman–Crippen MR) is 78.0 cm³/mol. The van der Waals surface area contributed by atoms with Crippen molar-refractivity contribution < 1.29 is 0 Å². The maximum atomic E-state index is 5.41. The van der Waals surface area contributed by atoms with Crippen molar-refractivity contribution in [2.24, 2.45) is 5.84 Å². The standard InChI is InChI=1S/C12H19N5S/c1-4-7(3)14-10-9-6-8(5-2)18-11(9)16-12(15-10)17-13/h6-7H,4-5,13H2,1-3H3,(H2,14,15,16,17). The highest BCUT2D eigenvalue weighted by Gasteiger charge is 2.12. The van der Waals surface area contributed by atoms with Crippen LogP contribution in [0.4, 0.5) is 11.8 Å². The number of nitrogens with one attached hydrogen (secondary N) is 2. The molecule has 2 rings (SSSR count). The summed E-state index contributed by atoms with van der Waals surface area (Å²) in [4.78, 5) is 11.1. The number of nitrogen functional groups attached to an aromatic ring is 1. The SMILES string of the molecule is CCc1cc2c(NC(C)CC)nc(NN)nc2s1. The van der Waals surface area contributed by atoms with E-state index in [1.54, 1.807) is 11.3 Å². The second-order valence-electron chi connectivity index (χ2n) is 4.28. The summed E-state index contributed by atoms with van der Waals surface area (Å²) in [5, 5.41) is 4.49. The second kappa shape index (κ2) is 5.49. The van der Waals surface area contributed by atoms with E-state index >= 15 is 0 Å². The average Bonchev–Trinajstić information content (AvgIpc) is 2.81. The quantitative estimate of drug-likeness (QED) is 0.572. The Balaban J connectivity index is 2.49. The Morgan fingerprint density at radius 3 is 2.78 bits per heavy atom. The maximum absolute atomic E-state index is 5.41. The molecule has 0 saturated carbocycles. The van der Waals surface area contributed by atoms with Gasteiger partial charge in [0, 0.05) is 10.9 Å². The number of nitrogens with zero attached hydrogens (tertiary/aromatic N) is 2. The summed E-state index contributed by atoms with van der Waals surface area (Å²) in [6, 6.07) is 2.53. The monoisotopic (exact) mass is 265 g/mol. The third-order valence-electron chi connectivity index (χ3n) is 2.92. The first-order valence-corrected chi connectivity index (χ1v) is 7.03. The van der Waals surface area contributed by atoms with Gasteiger partial charge in [-0.05, 0) is 25.8 Å². The van der Waals surface area contributed by atoms with Gasteiger partial charge in [0.05, 0.1) is 5.39 Å². The van der Waals surface area contributed by atoms with Gasteiger partial charge in [-0.3, -0.25) is 5.43 Å². The Kier molecular flexibility index (Phi) is 3.98. The first kappa shape index (κ1) is 13.0. The molecule has 0 aromatic carbocycles. The molecule has 2 aromatic heterocycles. The maximum Gasteiger partial charge on any atom is 0.240 e. The molecule has 0 radical (unpaired) electrons. The van der Waals surface area contributed by atoms with E-state index in [-0.39, 0.29) is 0 Å². The zero-order valence-corrected chi connectivity index (χ0v) is 11.8.